The van der Waals surface area contributed by atoms with Crippen LogP contribution in [0.3, 0.4) is 0 Å². The van der Waals surface area contributed by atoms with Gasteiger partial charge in [0.25, 0.3) is 5.91 Å². The van der Waals surface area contributed by atoms with Gasteiger partial charge in [-0.1, -0.05) is 0 Å². The summed E-state index contributed by atoms with van der Waals surface area (Å²) in [4.78, 5) is 28.4. The van der Waals surface area contributed by atoms with Crippen molar-refractivity contribution in [1.29, 1.82) is 5.26 Å². The molecule has 1 aliphatic heterocycles. The van der Waals surface area contributed by atoms with E-state index in [-0.39, 0.29) is 17.9 Å². The SMILES string of the molecule is CC(C)N(C)C(=O)[C@H]1CSCN1C(=O)c1ccc(C#N)cc1. The average molecular weight is 317 g/mol. The molecule has 0 spiro atoms. The molecular formula is C16H19N3O2S. The first-order valence-corrected chi connectivity index (χ1v) is 8.26. The number of amides is 2. The normalized spacial score (nSPS) is 17.4. The fourth-order valence-corrected chi connectivity index (χ4v) is 3.34. The van der Waals surface area contributed by atoms with Crippen molar-refractivity contribution in [3.63, 3.8) is 0 Å². The molecule has 1 fully saturated rings. The number of rotatable bonds is 3. The van der Waals surface area contributed by atoms with Crippen molar-refractivity contribution < 1.29 is 9.59 Å². The highest BCUT2D eigenvalue weighted by molar-refractivity contribution is 7.99. The molecule has 5 nitrogen and oxygen atoms in total. The van der Waals surface area contributed by atoms with Gasteiger partial charge in [-0.15, -0.1) is 11.8 Å². The fourth-order valence-electron chi connectivity index (χ4n) is 2.19. The Morgan fingerprint density at radius 3 is 2.55 bits per heavy atom. The molecule has 1 aromatic carbocycles. The lowest BCUT2D eigenvalue weighted by molar-refractivity contribution is -0.135. The van der Waals surface area contributed by atoms with Crippen LogP contribution in [0.25, 0.3) is 0 Å². The van der Waals surface area contributed by atoms with Crippen molar-refractivity contribution in [2.75, 3.05) is 18.7 Å². The van der Waals surface area contributed by atoms with E-state index in [2.05, 4.69) is 0 Å². The van der Waals surface area contributed by atoms with Crippen molar-refractivity contribution in [1.82, 2.24) is 9.80 Å². The van der Waals surface area contributed by atoms with Crippen LogP contribution >= 0.6 is 11.8 Å². The van der Waals surface area contributed by atoms with Crippen LogP contribution in [0, 0.1) is 11.3 Å². The summed E-state index contributed by atoms with van der Waals surface area (Å²) in [7, 11) is 1.76. The Morgan fingerprint density at radius 2 is 2.00 bits per heavy atom. The zero-order valence-corrected chi connectivity index (χ0v) is 13.8. The smallest absolute Gasteiger partial charge is 0.255 e. The molecule has 1 aliphatic rings. The number of nitrogens with zero attached hydrogens (tertiary/aromatic N) is 3. The van der Waals surface area contributed by atoms with E-state index in [0.29, 0.717) is 22.8 Å². The largest absolute Gasteiger partial charge is 0.342 e. The van der Waals surface area contributed by atoms with Crippen LogP contribution in [-0.4, -0.2) is 52.4 Å². The Morgan fingerprint density at radius 1 is 1.36 bits per heavy atom. The lowest BCUT2D eigenvalue weighted by atomic mass is 10.1. The van der Waals surface area contributed by atoms with Crippen LogP contribution in [0.4, 0.5) is 0 Å². The minimum Gasteiger partial charge on any atom is -0.342 e. The highest BCUT2D eigenvalue weighted by Crippen LogP contribution is 2.25. The zero-order chi connectivity index (χ0) is 16.3. The molecule has 0 N–H and O–H groups in total. The number of carbonyl (C=O) groups excluding carboxylic acids is 2. The summed E-state index contributed by atoms with van der Waals surface area (Å²) in [5, 5.41) is 8.81. The van der Waals surface area contributed by atoms with E-state index in [0.717, 1.165) is 0 Å². The Bertz CT molecular complexity index is 607. The minimum atomic E-state index is -0.416. The predicted octanol–water partition coefficient (Wildman–Crippen LogP) is 1.94. The van der Waals surface area contributed by atoms with Gasteiger partial charge < -0.3 is 9.80 Å². The molecule has 0 saturated carbocycles. The van der Waals surface area contributed by atoms with Gasteiger partial charge in [0.05, 0.1) is 17.5 Å². The Kier molecular flexibility index (Phi) is 5.09. The zero-order valence-electron chi connectivity index (χ0n) is 12.9. The van der Waals surface area contributed by atoms with Gasteiger partial charge in [-0.2, -0.15) is 5.26 Å². The Hall–Kier alpha value is -2.00. The summed E-state index contributed by atoms with van der Waals surface area (Å²) < 4.78 is 0. The van der Waals surface area contributed by atoms with Gasteiger partial charge >= 0.3 is 0 Å². The monoisotopic (exact) mass is 317 g/mol. The summed E-state index contributed by atoms with van der Waals surface area (Å²) in [5.41, 5.74) is 1.02. The molecule has 0 unspecified atom stereocenters. The number of benzene rings is 1. The molecular weight excluding hydrogens is 298 g/mol. The van der Waals surface area contributed by atoms with Gasteiger partial charge in [-0.25, -0.2) is 0 Å². The van der Waals surface area contributed by atoms with Crippen LogP contribution in [-0.2, 0) is 4.79 Å². The second kappa shape index (κ2) is 6.84. The molecule has 1 heterocycles. The molecule has 1 aromatic rings. The van der Waals surface area contributed by atoms with E-state index < -0.39 is 6.04 Å². The van der Waals surface area contributed by atoms with Crippen LogP contribution in [0.5, 0.6) is 0 Å². The molecule has 0 aliphatic carbocycles. The maximum atomic E-state index is 12.6. The number of thioether (sulfide) groups is 1. The van der Waals surface area contributed by atoms with Crippen molar-refractivity contribution in [3.8, 4) is 6.07 Å². The van der Waals surface area contributed by atoms with Crippen molar-refractivity contribution in [2.24, 2.45) is 0 Å². The second-order valence-electron chi connectivity index (χ2n) is 5.52. The maximum Gasteiger partial charge on any atom is 0.255 e. The fraction of sp³-hybridized carbons (Fsp3) is 0.438. The van der Waals surface area contributed by atoms with Gasteiger partial charge in [0.2, 0.25) is 5.91 Å². The van der Waals surface area contributed by atoms with Gasteiger partial charge in [0, 0.05) is 24.4 Å². The summed E-state index contributed by atoms with van der Waals surface area (Å²) in [6.07, 6.45) is 0. The second-order valence-corrected chi connectivity index (χ2v) is 6.52. The van der Waals surface area contributed by atoms with E-state index >= 15 is 0 Å². The molecule has 6 heteroatoms. The summed E-state index contributed by atoms with van der Waals surface area (Å²) in [6, 6.07) is 8.22. The molecule has 1 saturated heterocycles. The van der Waals surface area contributed by atoms with Gasteiger partial charge in [0.15, 0.2) is 0 Å². The molecule has 0 bridgehead atoms. The third-order valence-electron chi connectivity index (χ3n) is 3.81. The Labute approximate surface area is 134 Å². The van der Waals surface area contributed by atoms with Gasteiger partial charge in [-0.05, 0) is 38.1 Å². The molecule has 1 atom stereocenters. The number of likely N-dealkylation sites (N-methyl/N-ethyl adjacent to an activating group) is 1. The van der Waals surface area contributed by atoms with E-state index in [1.807, 2.05) is 19.9 Å². The van der Waals surface area contributed by atoms with Crippen molar-refractivity contribution >= 4 is 23.6 Å². The number of carbonyl (C=O) groups is 2. The molecule has 2 rings (SSSR count). The van der Waals surface area contributed by atoms with E-state index in [1.54, 1.807) is 52.9 Å². The molecule has 0 radical (unpaired) electrons. The van der Waals surface area contributed by atoms with Crippen LogP contribution < -0.4 is 0 Å². The molecule has 2 amide bonds. The van der Waals surface area contributed by atoms with Crippen molar-refractivity contribution in [2.45, 2.75) is 25.9 Å². The number of nitriles is 1. The van der Waals surface area contributed by atoms with Crippen LogP contribution in [0.1, 0.15) is 29.8 Å². The maximum absolute atomic E-state index is 12.6. The average Bonchev–Trinajstić information content (AvgIpc) is 3.02. The highest BCUT2D eigenvalue weighted by atomic mass is 32.2. The Balaban J connectivity index is 2.17. The number of hydrogen-bond acceptors (Lipinski definition) is 4. The summed E-state index contributed by atoms with van der Waals surface area (Å²) in [5.74, 6) is 0.950. The molecule has 22 heavy (non-hydrogen) atoms. The highest BCUT2D eigenvalue weighted by Gasteiger charge is 2.37. The standard InChI is InChI=1S/C16H19N3O2S/c1-11(2)18(3)16(21)14-9-22-10-19(14)15(20)13-6-4-12(8-17)5-7-13/h4-7,11,14H,9-10H2,1-3H3/t14-/m1/s1. The number of hydrogen-bond donors (Lipinski definition) is 0. The third-order valence-corrected chi connectivity index (χ3v) is 4.82. The first kappa shape index (κ1) is 16.4. The minimum absolute atomic E-state index is 0.0259. The van der Waals surface area contributed by atoms with Gasteiger partial charge in [-0.3, -0.25) is 9.59 Å². The molecule has 0 aromatic heterocycles. The predicted molar refractivity (Wildman–Crippen MR) is 86.3 cm³/mol. The summed E-state index contributed by atoms with van der Waals surface area (Å²) in [6.45, 7) is 3.90. The summed E-state index contributed by atoms with van der Waals surface area (Å²) >= 11 is 1.58. The van der Waals surface area contributed by atoms with E-state index in [9.17, 15) is 9.59 Å². The lowest BCUT2D eigenvalue weighted by Gasteiger charge is -2.29. The quantitative estimate of drug-likeness (QED) is 0.854. The van der Waals surface area contributed by atoms with E-state index in [1.165, 1.54) is 0 Å². The topological polar surface area (TPSA) is 64.4 Å². The first-order chi connectivity index (χ1) is 10.5. The van der Waals surface area contributed by atoms with Crippen molar-refractivity contribution in [3.05, 3.63) is 35.4 Å². The first-order valence-electron chi connectivity index (χ1n) is 7.11. The third kappa shape index (κ3) is 3.25. The van der Waals surface area contributed by atoms with E-state index in [4.69, 9.17) is 5.26 Å². The van der Waals surface area contributed by atoms with Gasteiger partial charge in [0.1, 0.15) is 6.04 Å². The van der Waals surface area contributed by atoms with Crippen LogP contribution in [0.2, 0.25) is 0 Å². The lowest BCUT2D eigenvalue weighted by Crippen LogP contribution is -2.49. The van der Waals surface area contributed by atoms with Crippen LogP contribution in [0.15, 0.2) is 24.3 Å². The molecule has 116 valence electrons.